The fraction of sp³-hybridized carbons (Fsp3) is 0.235. The average Bonchev–Trinajstić information content (AvgIpc) is 3.04. The predicted octanol–water partition coefficient (Wildman–Crippen LogP) is 3.81. The van der Waals surface area contributed by atoms with E-state index in [0.717, 1.165) is 23.7 Å². The SMILES string of the molecule is CCN(Cc1cccc(Cl)c1)Cc1nc(-c2ccccn2)no1. The van der Waals surface area contributed by atoms with Crippen LogP contribution in [0.25, 0.3) is 11.5 Å². The second kappa shape index (κ2) is 7.35. The van der Waals surface area contributed by atoms with Crippen molar-refractivity contribution in [1.29, 1.82) is 0 Å². The maximum atomic E-state index is 6.04. The Morgan fingerprint density at radius 1 is 1.13 bits per heavy atom. The van der Waals surface area contributed by atoms with E-state index in [0.29, 0.717) is 24.0 Å². The van der Waals surface area contributed by atoms with Crippen molar-refractivity contribution >= 4 is 11.6 Å². The quantitative estimate of drug-likeness (QED) is 0.688. The molecular formula is C17H17ClN4O. The van der Waals surface area contributed by atoms with Gasteiger partial charge in [0.2, 0.25) is 11.7 Å². The zero-order valence-electron chi connectivity index (χ0n) is 12.8. The third-order valence-corrected chi connectivity index (χ3v) is 3.70. The molecule has 2 heterocycles. The highest BCUT2D eigenvalue weighted by Gasteiger charge is 2.13. The molecule has 0 bridgehead atoms. The second-order valence-corrected chi connectivity index (χ2v) is 5.60. The Morgan fingerprint density at radius 3 is 2.78 bits per heavy atom. The minimum atomic E-state index is 0.513. The smallest absolute Gasteiger partial charge is 0.241 e. The Labute approximate surface area is 139 Å². The molecule has 5 nitrogen and oxygen atoms in total. The van der Waals surface area contributed by atoms with Crippen LogP contribution in [0.1, 0.15) is 18.4 Å². The highest BCUT2D eigenvalue weighted by molar-refractivity contribution is 6.30. The van der Waals surface area contributed by atoms with Crippen molar-refractivity contribution in [3.05, 3.63) is 65.1 Å². The van der Waals surface area contributed by atoms with Crippen LogP contribution in [0.2, 0.25) is 5.02 Å². The van der Waals surface area contributed by atoms with Gasteiger partial charge >= 0.3 is 0 Å². The number of aromatic nitrogens is 3. The van der Waals surface area contributed by atoms with Crippen LogP contribution in [0.5, 0.6) is 0 Å². The van der Waals surface area contributed by atoms with Crippen LogP contribution in [0.4, 0.5) is 0 Å². The van der Waals surface area contributed by atoms with E-state index in [9.17, 15) is 0 Å². The van der Waals surface area contributed by atoms with Gasteiger partial charge in [-0.2, -0.15) is 4.98 Å². The number of rotatable bonds is 6. The van der Waals surface area contributed by atoms with E-state index in [2.05, 4.69) is 33.0 Å². The van der Waals surface area contributed by atoms with Crippen LogP contribution >= 0.6 is 11.6 Å². The standard InChI is InChI=1S/C17H17ClN4O/c1-2-22(11-13-6-5-7-14(18)10-13)12-16-20-17(21-23-16)15-8-3-4-9-19-15/h3-10H,2,11-12H2,1H3. The van der Waals surface area contributed by atoms with Gasteiger partial charge in [-0.25, -0.2) is 0 Å². The molecule has 0 unspecified atom stereocenters. The van der Waals surface area contributed by atoms with Gasteiger partial charge in [-0.3, -0.25) is 9.88 Å². The maximum Gasteiger partial charge on any atom is 0.241 e. The minimum Gasteiger partial charge on any atom is -0.337 e. The second-order valence-electron chi connectivity index (χ2n) is 5.16. The Kier molecular flexibility index (Phi) is 5.00. The molecule has 0 N–H and O–H groups in total. The van der Waals surface area contributed by atoms with Crippen LogP contribution in [0.15, 0.2) is 53.2 Å². The minimum absolute atomic E-state index is 0.513. The lowest BCUT2D eigenvalue weighted by Crippen LogP contribution is -2.22. The highest BCUT2D eigenvalue weighted by Crippen LogP contribution is 2.16. The van der Waals surface area contributed by atoms with Gasteiger partial charge in [0.1, 0.15) is 5.69 Å². The van der Waals surface area contributed by atoms with Gasteiger partial charge in [-0.05, 0) is 36.4 Å². The van der Waals surface area contributed by atoms with Crippen molar-refractivity contribution in [2.24, 2.45) is 0 Å². The summed E-state index contributed by atoms with van der Waals surface area (Å²) in [5.41, 5.74) is 1.87. The summed E-state index contributed by atoms with van der Waals surface area (Å²) in [6.45, 7) is 4.33. The van der Waals surface area contributed by atoms with Crippen LogP contribution in [0.3, 0.4) is 0 Å². The molecule has 0 atom stereocenters. The lowest BCUT2D eigenvalue weighted by atomic mass is 10.2. The zero-order valence-corrected chi connectivity index (χ0v) is 13.6. The number of benzene rings is 1. The number of halogens is 1. The van der Waals surface area contributed by atoms with E-state index < -0.39 is 0 Å². The molecule has 0 spiro atoms. The molecule has 0 aliphatic heterocycles. The summed E-state index contributed by atoms with van der Waals surface area (Å²) >= 11 is 6.04. The third kappa shape index (κ3) is 4.15. The molecule has 0 radical (unpaired) electrons. The topological polar surface area (TPSA) is 55.1 Å². The van der Waals surface area contributed by atoms with E-state index in [-0.39, 0.29) is 0 Å². The van der Waals surface area contributed by atoms with Crippen molar-refractivity contribution in [3.8, 4) is 11.5 Å². The van der Waals surface area contributed by atoms with Gasteiger partial charge in [0.25, 0.3) is 0 Å². The largest absolute Gasteiger partial charge is 0.337 e. The fourth-order valence-corrected chi connectivity index (χ4v) is 2.50. The zero-order chi connectivity index (χ0) is 16.1. The molecule has 0 saturated heterocycles. The van der Waals surface area contributed by atoms with Crippen molar-refractivity contribution in [3.63, 3.8) is 0 Å². The highest BCUT2D eigenvalue weighted by atomic mass is 35.5. The van der Waals surface area contributed by atoms with Crippen molar-refractivity contribution in [2.45, 2.75) is 20.0 Å². The fourth-order valence-electron chi connectivity index (χ4n) is 2.28. The average molecular weight is 329 g/mol. The molecule has 0 fully saturated rings. The van der Waals surface area contributed by atoms with Crippen LogP contribution in [-0.4, -0.2) is 26.6 Å². The molecule has 3 rings (SSSR count). The van der Waals surface area contributed by atoms with Gasteiger partial charge < -0.3 is 4.52 Å². The molecule has 23 heavy (non-hydrogen) atoms. The molecule has 3 aromatic rings. The summed E-state index contributed by atoms with van der Waals surface area (Å²) in [4.78, 5) is 10.9. The van der Waals surface area contributed by atoms with Crippen molar-refractivity contribution in [2.75, 3.05) is 6.54 Å². The summed E-state index contributed by atoms with van der Waals surface area (Å²) in [6.07, 6.45) is 1.71. The molecule has 2 aromatic heterocycles. The van der Waals surface area contributed by atoms with Gasteiger partial charge in [0.15, 0.2) is 0 Å². The molecule has 118 valence electrons. The van der Waals surface area contributed by atoms with E-state index >= 15 is 0 Å². The number of hydrogen-bond acceptors (Lipinski definition) is 5. The summed E-state index contributed by atoms with van der Waals surface area (Å²) in [6, 6.07) is 13.5. The molecule has 0 saturated carbocycles. The van der Waals surface area contributed by atoms with Crippen LogP contribution in [0, 0.1) is 0 Å². The Bertz CT molecular complexity index is 760. The number of hydrogen-bond donors (Lipinski definition) is 0. The van der Waals surface area contributed by atoms with Crippen LogP contribution in [-0.2, 0) is 13.1 Å². The molecule has 1 aromatic carbocycles. The maximum absolute atomic E-state index is 6.04. The normalized spacial score (nSPS) is 11.1. The summed E-state index contributed by atoms with van der Waals surface area (Å²) in [7, 11) is 0. The van der Waals surface area contributed by atoms with E-state index in [1.165, 1.54) is 0 Å². The van der Waals surface area contributed by atoms with Gasteiger partial charge in [0, 0.05) is 17.8 Å². The number of pyridine rings is 1. The first-order chi connectivity index (χ1) is 11.2. The van der Waals surface area contributed by atoms with Gasteiger partial charge in [-0.15, -0.1) is 0 Å². The lowest BCUT2D eigenvalue weighted by molar-refractivity contribution is 0.229. The van der Waals surface area contributed by atoms with E-state index in [4.69, 9.17) is 16.1 Å². The Hall–Kier alpha value is -2.24. The first-order valence-corrected chi connectivity index (χ1v) is 7.83. The first kappa shape index (κ1) is 15.6. The van der Waals surface area contributed by atoms with E-state index in [1.807, 2.05) is 36.4 Å². The van der Waals surface area contributed by atoms with Crippen molar-refractivity contribution < 1.29 is 4.52 Å². The molecule has 6 heteroatoms. The predicted molar refractivity (Wildman–Crippen MR) is 88.8 cm³/mol. The summed E-state index contributed by atoms with van der Waals surface area (Å²) in [5, 5.41) is 4.74. The molecule has 0 aliphatic carbocycles. The molecule has 0 amide bonds. The lowest BCUT2D eigenvalue weighted by Gasteiger charge is -2.18. The summed E-state index contributed by atoms with van der Waals surface area (Å²) in [5.74, 6) is 1.09. The monoisotopic (exact) mass is 328 g/mol. The number of nitrogens with zero attached hydrogens (tertiary/aromatic N) is 4. The van der Waals surface area contributed by atoms with Gasteiger partial charge in [-0.1, -0.05) is 41.9 Å². The summed E-state index contributed by atoms with van der Waals surface area (Å²) < 4.78 is 5.34. The Balaban J connectivity index is 1.69. The molecule has 0 aliphatic rings. The van der Waals surface area contributed by atoms with E-state index in [1.54, 1.807) is 6.20 Å². The third-order valence-electron chi connectivity index (χ3n) is 3.46. The van der Waals surface area contributed by atoms with Gasteiger partial charge in [0.05, 0.1) is 6.54 Å². The van der Waals surface area contributed by atoms with Crippen molar-refractivity contribution in [1.82, 2.24) is 20.0 Å². The Morgan fingerprint density at radius 2 is 2.04 bits per heavy atom. The first-order valence-electron chi connectivity index (χ1n) is 7.45. The molecular weight excluding hydrogens is 312 g/mol. The van der Waals surface area contributed by atoms with Crippen LogP contribution < -0.4 is 0 Å².